The Balaban J connectivity index is 1.97. The van der Waals surface area contributed by atoms with Gasteiger partial charge in [0.25, 0.3) is 0 Å². The lowest BCUT2D eigenvalue weighted by Crippen LogP contribution is -2.51. The highest BCUT2D eigenvalue weighted by Gasteiger charge is 2.57. The van der Waals surface area contributed by atoms with Crippen LogP contribution in [0.4, 0.5) is 0 Å². The highest BCUT2D eigenvalue weighted by atomic mass is 28.3. The van der Waals surface area contributed by atoms with Crippen LogP contribution in [0.3, 0.4) is 0 Å². The van der Waals surface area contributed by atoms with Crippen LogP contribution in [0.2, 0.25) is 24.2 Å². The number of rotatable bonds is 22. The molecule has 0 atom stereocenters. The molecule has 2 nitrogen and oxygen atoms in total. The largest absolute Gasteiger partial charge is 0.497 e. The van der Waals surface area contributed by atoms with Crippen molar-refractivity contribution in [2.45, 2.75) is 155 Å². The van der Waals surface area contributed by atoms with E-state index in [0.29, 0.717) is 0 Å². The molecule has 0 bridgehead atoms. The van der Waals surface area contributed by atoms with Crippen molar-refractivity contribution >= 4 is 36.9 Å². The molecular formula is C40H64O2Si2. The smallest absolute Gasteiger partial charge is 0.119 e. The fourth-order valence-electron chi connectivity index (χ4n) is 8.78. The molecule has 244 valence electrons. The third-order valence-electron chi connectivity index (χ3n) is 11.1. The quantitative estimate of drug-likeness (QED) is 0.0949. The van der Waals surface area contributed by atoms with Crippen molar-refractivity contribution < 1.29 is 9.47 Å². The first-order chi connectivity index (χ1) is 21.6. The molecule has 0 N–H and O–H groups in total. The first kappa shape index (κ1) is 35.1. The van der Waals surface area contributed by atoms with E-state index in [1.807, 2.05) is 24.6 Å². The Morgan fingerprint density at radius 2 is 0.750 bits per heavy atom. The lowest BCUT2D eigenvalue weighted by molar-refractivity contribution is 0.414. The van der Waals surface area contributed by atoms with Gasteiger partial charge in [0.15, 0.2) is 0 Å². The molecule has 2 aromatic rings. The SMILES string of the molecule is CCCCCC[Si]1(CCCCCC)C2=C(c3cc(OC)ccc31)[Si](CCCCCC)(CCCCCC)c1ccc(OC)cc12. The zero-order valence-corrected chi connectivity index (χ0v) is 31.4. The molecule has 2 heterocycles. The molecule has 0 amide bonds. The number of benzene rings is 2. The summed E-state index contributed by atoms with van der Waals surface area (Å²) in [6, 6.07) is 20.4. The molecule has 0 aliphatic carbocycles. The summed E-state index contributed by atoms with van der Waals surface area (Å²) < 4.78 is 12.0. The van der Waals surface area contributed by atoms with E-state index in [0.717, 1.165) is 11.5 Å². The predicted molar refractivity (Wildman–Crippen MR) is 199 cm³/mol. The average molecular weight is 633 g/mol. The van der Waals surface area contributed by atoms with E-state index in [9.17, 15) is 0 Å². The molecule has 44 heavy (non-hydrogen) atoms. The number of methoxy groups -OCH3 is 2. The Morgan fingerprint density at radius 3 is 1.02 bits per heavy atom. The minimum Gasteiger partial charge on any atom is -0.497 e. The number of fused-ring (bicyclic) bond motifs is 4. The molecule has 4 heteroatoms. The molecule has 4 rings (SSSR count). The van der Waals surface area contributed by atoms with Crippen molar-refractivity contribution in [3.63, 3.8) is 0 Å². The van der Waals surface area contributed by atoms with Gasteiger partial charge < -0.3 is 9.47 Å². The minimum absolute atomic E-state index is 1.05. The van der Waals surface area contributed by atoms with Gasteiger partial charge in [-0.25, -0.2) is 0 Å². The second kappa shape index (κ2) is 17.2. The average Bonchev–Trinajstić information content (AvgIpc) is 3.50. The van der Waals surface area contributed by atoms with Crippen LogP contribution in [0.5, 0.6) is 11.5 Å². The third-order valence-corrected chi connectivity index (χ3v) is 22.0. The van der Waals surface area contributed by atoms with Crippen LogP contribution < -0.4 is 19.8 Å². The monoisotopic (exact) mass is 632 g/mol. The second-order valence-corrected chi connectivity index (χ2v) is 22.4. The van der Waals surface area contributed by atoms with Gasteiger partial charge in [0.05, 0.1) is 14.2 Å². The molecule has 0 saturated carbocycles. The van der Waals surface area contributed by atoms with Crippen molar-refractivity contribution in [3.05, 3.63) is 47.5 Å². The topological polar surface area (TPSA) is 18.5 Å². The van der Waals surface area contributed by atoms with Gasteiger partial charge in [-0.3, -0.25) is 0 Å². The van der Waals surface area contributed by atoms with E-state index in [-0.39, 0.29) is 0 Å². The van der Waals surface area contributed by atoms with Crippen LogP contribution in [-0.4, -0.2) is 30.4 Å². The van der Waals surface area contributed by atoms with Crippen molar-refractivity contribution in [2.75, 3.05) is 14.2 Å². The van der Waals surface area contributed by atoms with Crippen molar-refractivity contribution in [2.24, 2.45) is 0 Å². The Labute approximate surface area is 273 Å². The van der Waals surface area contributed by atoms with Gasteiger partial charge in [-0.05, 0) is 80.3 Å². The van der Waals surface area contributed by atoms with Crippen LogP contribution in [0.1, 0.15) is 142 Å². The van der Waals surface area contributed by atoms with Gasteiger partial charge in [0.1, 0.15) is 27.6 Å². The summed E-state index contributed by atoms with van der Waals surface area (Å²) in [5.74, 6) is 2.09. The Bertz CT molecular complexity index is 1100. The molecule has 0 unspecified atom stereocenters. The van der Waals surface area contributed by atoms with Gasteiger partial charge in [-0.2, -0.15) is 0 Å². The maximum Gasteiger partial charge on any atom is 0.119 e. The maximum atomic E-state index is 5.98. The summed E-state index contributed by atoms with van der Waals surface area (Å²) in [5.41, 5.74) is 3.26. The zero-order valence-electron chi connectivity index (χ0n) is 29.4. The first-order valence-electron chi connectivity index (χ1n) is 18.7. The van der Waals surface area contributed by atoms with Crippen molar-refractivity contribution in [1.29, 1.82) is 0 Å². The third kappa shape index (κ3) is 7.27. The van der Waals surface area contributed by atoms with Crippen LogP contribution in [0.25, 0.3) is 10.4 Å². The van der Waals surface area contributed by atoms with E-state index in [1.165, 1.54) is 127 Å². The fraction of sp³-hybridized carbons (Fsp3) is 0.650. The summed E-state index contributed by atoms with van der Waals surface area (Å²) in [5, 5.41) is 7.29. The zero-order chi connectivity index (χ0) is 31.4. The summed E-state index contributed by atoms with van der Waals surface area (Å²) in [6.45, 7) is 9.41. The van der Waals surface area contributed by atoms with Gasteiger partial charge in [0.2, 0.25) is 0 Å². The summed E-state index contributed by atoms with van der Waals surface area (Å²) >= 11 is 0. The highest BCUT2D eigenvalue weighted by Crippen LogP contribution is 2.55. The van der Waals surface area contributed by atoms with Gasteiger partial charge in [-0.1, -0.05) is 143 Å². The van der Waals surface area contributed by atoms with Gasteiger partial charge in [0, 0.05) is 0 Å². The molecule has 2 aliphatic heterocycles. The van der Waals surface area contributed by atoms with Crippen LogP contribution in [0, 0.1) is 0 Å². The summed E-state index contributed by atoms with van der Waals surface area (Å²) in [4.78, 5) is 0. The highest BCUT2D eigenvalue weighted by molar-refractivity contribution is 7.21. The number of ether oxygens (including phenoxy) is 2. The van der Waals surface area contributed by atoms with Gasteiger partial charge >= 0.3 is 0 Å². The van der Waals surface area contributed by atoms with E-state index in [1.54, 1.807) is 21.5 Å². The molecule has 2 aliphatic rings. The predicted octanol–water partition coefficient (Wildman–Crippen LogP) is 11.4. The summed E-state index contributed by atoms with van der Waals surface area (Å²) in [7, 11) is -0.277. The molecule has 0 radical (unpaired) electrons. The number of unbranched alkanes of at least 4 members (excludes halogenated alkanes) is 12. The molecule has 2 aromatic carbocycles. The van der Waals surface area contributed by atoms with Crippen LogP contribution in [0.15, 0.2) is 36.4 Å². The standard InChI is InChI=1S/C40H64O2Si2/c1-7-11-15-19-27-43(28-20-16-12-8-2)37-25-23-33(41-5)31-35(37)40-39(43)36-32-34(42-6)24-26-38(36)44(40,29-21-17-13-9-3)30-22-18-14-10-4/h23-26,31-32H,7-22,27-30H2,1-6H3. The lowest BCUT2D eigenvalue weighted by atomic mass is 10.1. The normalized spacial score (nSPS) is 15.8. The first-order valence-corrected chi connectivity index (χ1v) is 23.5. The van der Waals surface area contributed by atoms with Crippen molar-refractivity contribution in [1.82, 2.24) is 0 Å². The molecule has 0 spiro atoms. The van der Waals surface area contributed by atoms with Gasteiger partial charge in [-0.15, -0.1) is 0 Å². The molecule has 0 saturated heterocycles. The minimum atomic E-state index is -2.00. The lowest BCUT2D eigenvalue weighted by Gasteiger charge is -2.35. The van der Waals surface area contributed by atoms with E-state index < -0.39 is 16.1 Å². The second-order valence-electron chi connectivity index (χ2n) is 14.0. The maximum absolute atomic E-state index is 5.98. The Kier molecular flexibility index (Phi) is 13.7. The Hall–Kier alpha value is -1.79. The van der Waals surface area contributed by atoms with E-state index >= 15 is 0 Å². The summed E-state index contributed by atoms with van der Waals surface area (Å²) in [6.07, 6.45) is 21.6. The van der Waals surface area contributed by atoms with Crippen molar-refractivity contribution in [3.8, 4) is 11.5 Å². The molecular weight excluding hydrogens is 569 g/mol. The van der Waals surface area contributed by atoms with E-state index in [2.05, 4.69) is 64.1 Å². The Morgan fingerprint density at radius 1 is 0.432 bits per heavy atom. The number of hydrogen-bond donors (Lipinski definition) is 0. The number of hydrogen-bond acceptors (Lipinski definition) is 2. The van der Waals surface area contributed by atoms with Crippen LogP contribution in [-0.2, 0) is 0 Å². The van der Waals surface area contributed by atoms with E-state index in [4.69, 9.17) is 9.47 Å². The van der Waals surface area contributed by atoms with Crippen LogP contribution >= 0.6 is 0 Å². The molecule has 0 aromatic heterocycles. The fourth-order valence-corrected chi connectivity index (χ4v) is 21.9. The molecule has 0 fully saturated rings.